The molecule has 86 valence electrons. The maximum Gasteiger partial charge on any atom is 0.359 e. The SMILES string of the molecule is Nc1cccnc1C(=O)OC1CCOCC1. The lowest BCUT2D eigenvalue weighted by Gasteiger charge is -2.22. The molecule has 0 radical (unpaired) electrons. The summed E-state index contributed by atoms with van der Waals surface area (Å²) in [6.45, 7) is 1.27. The van der Waals surface area contributed by atoms with E-state index < -0.39 is 5.97 Å². The van der Waals surface area contributed by atoms with Gasteiger partial charge in [0.25, 0.3) is 0 Å². The summed E-state index contributed by atoms with van der Waals surface area (Å²) in [4.78, 5) is 15.6. The second-order valence-electron chi connectivity index (χ2n) is 3.66. The van der Waals surface area contributed by atoms with Crippen LogP contribution in [-0.2, 0) is 9.47 Å². The quantitative estimate of drug-likeness (QED) is 0.755. The van der Waals surface area contributed by atoms with Crippen LogP contribution < -0.4 is 5.73 Å². The summed E-state index contributed by atoms with van der Waals surface area (Å²) in [6.07, 6.45) is 2.91. The van der Waals surface area contributed by atoms with E-state index in [-0.39, 0.29) is 11.8 Å². The lowest BCUT2D eigenvalue weighted by atomic mass is 10.1. The van der Waals surface area contributed by atoms with E-state index in [1.54, 1.807) is 12.1 Å². The van der Waals surface area contributed by atoms with Crippen molar-refractivity contribution in [2.45, 2.75) is 18.9 Å². The molecule has 1 saturated heterocycles. The number of hydrogen-bond acceptors (Lipinski definition) is 5. The molecule has 1 fully saturated rings. The molecule has 16 heavy (non-hydrogen) atoms. The Kier molecular flexibility index (Phi) is 3.36. The van der Waals surface area contributed by atoms with Gasteiger partial charge >= 0.3 is 5.97 Å². The molecule has 0 spiro atoms. The van der Waals surface area contributed by atoms with Gasteiger partial charge in [-0.2, -0.15) is 0 Å². The Hall–Kier alpha value is -1.62. The summed E-state index contributed by atoms with van der Waals surface area (Å²) < 4.78 is 10.5. The van der Waals surface area contributed by atoms with Crippen LogP contribution in [0.4, 0.5) is 5.69 Å². The highest BCUT2D eigenvalue weighted by atomic mass is 16.6. The first-order chi connectivity index (χ1) is 7.77. The maximum absolute atomic E-state index is 11.7. The minimum atomic E-state index is -0.454. The normalized spacial score (nSPS) is 17.0. The van der Waals surface area contributed by atoms with Crippen molar-refractivity contribution in [3.63, 3.8) is 0 Å². The Morgan fingerprint density at radius 1 is 1.50 bits per heavy atom. The molecule has 0 bridgehead atoms. The van der Waals surface area contributed by atoms with Crippen molar-refractivity contribution in [3.05, 3.63) is 24.0 Å². The van der Waals surface area contributed by atoms with Crippen LogP contribution in [0.25, 0.3) is 0 Å². The van der Waals surface area contributed by atoms with Gasteiger partial charge in [-0.3, -0.25) is 0 Å². The van der Waals surface area contributed by atoms with Crippen molar-refractivity contribution >= 4 is 11.7 Å². The molecule has 2 N–H and O–H groups in total. The highest BCUT2D eigenvalue weighted by Gasteiger charge is 2.20. The van der Waals surface area contributed by atoms with Crippen molar-refractivity contribution in [3.8, 4) is 0 Å². The number of nitrogens with zero attached hydrogens (tertiary/aromatic N) is 1. The second-order valence-corrected chi connectivity index (χ2v) is 3.66. The average Bonchev–Trinajstić information content (AvgIpc) is 2.31. The lowest BCUT2D eigenvalue weighted by Crippen LogP contribution is -2.26. The molecule has 0 unspecified atom stereocenters. The Bertz CT molecular complexity index is 375. The molecule has 2 rings (SSSR count). The van der Waals surface area contributed by atoms with Crippen molar-refractivity contribution in [1.82, 2.24) is 4.98 Å². The topological polar surface area (TPSA) is 74.4 Å². The lowest BCUT2D eigenvalue weighted by molar-refractivity contribution is -0.0162. The number of nitrogen functional groups attached to an aromatic ring is 1. The van der Waals surface area contributed by atoms with Crippen LogP contribution in [0.15, 0.2) is 18.3 Å². The van der Waals surface area contributed by atoms with Gasteiger partial charge in [0, 0.05) is 19.0 Å². The second kappa shape index (κ2) is 4.94. The average molecular weight is 222 g/mol. The first-order valence-corrected chi connectivity index (χ1v) is 5.26. The molecular weight excluding hydrogens is 208 g/mol. The van der Waals surface area contributed by atoms with Gasteiger partial charge in [-0.1, -0.05) is 0 Å². The zero-order valence-corrected chi connectivity index (χ0v) is 8.89. The van der Waals surface area contributed by atoms with E-state index in [1.807, 2.05) is 0 Å². The van der Waals surface area contributed by atoms with E-state index >= 15 is 0 Å². The molecule has 2 heterocycles. The molecule has 1 aromatic heterocycles. The zero-order chi connectivity index (χ0) is 11.4. The van der Waals surface area contributed by atoms with Crippen LogP contribution in [0.3, 0.4) is 0 Å². The fourth-order valence-corrected chi connectivity index (χ4v) is 1.59. The van der Waals surface area contributed by atoms with E-state index in [2.05, 4.69) is 4.98 Å². The highest BCUT2D eigenvalue weighted by Crippen LogP contribution is 2.15. The predicted octanol–water partition coefficient (Wildman–Crippen LogP) is 1.000. The fraction of sp³-hybridized carbons (Fsp3) is 0.455. The van der Waals surface area contributed by atoms with Gasteiger partial charge in [0.2, 0.25) is 0 Å². The van der Waals surface area contributed by atoms with Crippen molar-refractivity contribution in [2.75, 3.05) is 18.9 Å². The Balaban J connectivity index is 2.00. The van der Waals surface area contributed by atoms with Crippen LogP contribution >= 0.6 is 0 Å². The zero-order valence-electron chi connectivity index (χ0n) is 8.89. The summed E-state index contributed by atoms with van der Waals surface area (Å²) >= 11 is 0. The van der Waals surface area contributed by atoms with Crippen LogP contribution in [0.5, 0.6) is 0 Å². The van der Waals surface area contributed by atoms with E-state index in [4.69, 9.17) is 15.2 Å². The summed E-state index contributed by atoms with van der Waals surface area (Å²) in [5, 5.41) is 0. The van der Waals surface area contributed by atoms with Gasteiger partial charge in [0.15, 0.2) is 5.69 Å². The molecule has 5 nitrogen and oxygen atoms in total. The molecule has 1 aromatic rings. The van der Waals surface area contributed by atoms with Gasteiger partial charge < -0.3 is 15.2 Å². The number of carbonyl (C=O) groups excluding carboxylic acids is 1. The van der Waals surface area contributed by atoms with Crippen molar-refractivity contribution in [1.29, 1.82) is 0 Å². The molecule has 0 aliphatic carbocycles. The van der Waals surface area contributed by atoms with E-state index in [0.29, 0.717) is 18.9 Å². The molecule has 0 atom stereocenters. The smallest absolute Gasteiger partial charge is 0.359 e. The third-order valence-electron chi connectivity index (χ3n) is 2.47. The summed E-state index contributed by atoms with van der Waals surface area (Å²) in [6, 6.07) is 3.31. The van der Waals surface area contributed by atoms with Gasteiger partial charge in [0.1, 0.15) is 6.10 Å². The van der Waals surface area contributed by atoms with Crippen LogP contribution in [-0.4, -0.2) is 30.3 Å². The van der Waals surface area contributed by atoms with Crippen molar-refractivity contribution < 1.29 is 14.3 Å². The summed E-state index contributed by atoms with van der Waals surface area (Å²) in [7, 11) is 0. The number of esters is 1. The van der Waals surface area contributed by atoms with E-state index in [0.717, 1.165) is 12.8 Å². The van der Waals surface area contributed by atoms with E-state index in [1.165, 1.54) is 6.20 Å². The van der Waals surface area contributed by atoms with Crippen LogP contribution in [0.1, 0.15) is 23.3 Å². The third kappa shape index (κ3) is 2.49. The number of pyridine rings is 1. The molecule has 1 aliphatic rings. The van der Waals surface area contributed by atoms with Gasteiger partial charge in [-0.15, -0.1) is 0 Å². The van der Waals surface area contributed by atoms with Gasteiger partial charge in [-0.05, 0) is 12.1 Å². The summed E-state index contributed by atoms with van der Waals surface area (Å²) in [5.74, 6) is -0.454. The Morgan fingerprint density at radius 2 is 2.25 bits per heavy atom. The number of rotatable bonds is 2. The number of anilines is 1. The number of carbonyl (C=O) groups is 1. The third-order valence-corrected chi connectivity index (χ3v) is 2.47. The van der Waals surface area contributed by atoms with Crippen LogP contribution in [0, 0.1) is 0 Å². The van der Waals surface area contributed by atoms with Gasteiger partial charge in [0.05, 0.1) is 18.9 Å². The van der Waals surface area contributed by atoms with E-state index in [9.17, 15) is 4.79 Å². The van der Waals surface area contributed by atoms with Crippen molar-refractivity contribution in [2.24, 2.45) is 0 Å². The Morgan fingerprint density at radius 3 is 2.94 bits per heavy atom. The molecule has 5 heteroatoms. The first-order valence-electron chi connectivity index (χ1n) is 5.26. The maximum atomic E-state index is 11.7. The van der Waals surface area contributed by atoms with Gasteiger partial charge in [-0.25, -0.2) is 9.78 Å². The Labute approximate surface area is 93.6 Å². The fourth-order valence-electron chi connectivity index (χ4n) is 1.59. The molecule has 0 saturated carbocycles. The molecule has 0 amide bonds. The molecule has 0 aromatic carbocycles. The monoisotopic (exact) mass is 222 g/mol. The number of aromatic nitrogens is 1. The minimum absolute atomic E-state index is 0.0809. The standard InChI is InChI=1S/C11H14N2O3/c12-9-2-1-5-13-10(9)11(14)16-8-3-6-15-7-4-8/h1-2,5,8H,3-4,6-7,12H2. The first kappa shape index (κ1) is 10.9. The molecular formula is C11H14N2O3. The highest BCUT2D eigenvalue weighted by molar-refractivity contribution is 5.92. The predicted molar refractivity (Wildman–Crippen MR) is 57.9 cm³/mol. The number of nitrogens with two attached hydrogens (primary N) is 1. The number of ether oxygens (including phenoxy) is 2. The minimum Gasteiger partial charge on any atom is -0.457 e. The number of hydrogen-bond donors (Lipinski definition) is 1. The molecule has 1 aliphatic heterocycles. The van der Waals surface area contributed by atoms with Crippen LogP contribution in [0.2, 0.25) is 0 Å². The summed E-state index contributed by atoms with van der Waals surface area (Å²) in [5.41, 5.74) is 6.17. The largest absolute Gasteiger partial charge is 0.457 e.